The van der Waals surface area contributed by atoms with Crippen molar-refractivity contribution in [1.29, 1.82) is 0 Å². The highest BCUT2D eigenvalue weighted by Crippen LogP contribution is 2.37. The molecule has 6 nitrogen and oxygen atoms in total. The molecule has 1 aliphatic heterocycles. The molecule has 36 heavy (non-hydrogen) atoms. The molecule has 0 spiro atoms. The predicted octanol–water partition coefficient (Wildman–Crippen LogP) is 6.53. The molecular weight excluding hydrogens is 533 g/mol. The molecule has 1 fully saturated rings. The highest BCUT2D eigenvalue weighted by molar-refractivity contribution is 8.18. The third-order valence-electron chi connectivity index (χ3n) is 4.90. The molecule has 0 saturated carbocycles. The summed E-state index contributed by atoms with van der Waals surface area (Å²) < 4.78 is 32.0. The number of nitrogens with one attached hydrogen (secondary N) is 1. The molecule has 1 saturated heterocycles. The van der Waals surface area contributed by atoms with Gasteiger partial charge in [0.15, 0.2) is 5.75 Å². The Labute approximate surface area is 218 Å². The zero-order valence-corrected chi connectivity index (χ0v) is 20.6. The minimum Gasteiger partial charge on any atom is -0.486 e. The summed E-state index contributed by atoms with van der Waals surface area (Å²) in [4.78, 5) is 38.2. The number of hydrogen-bond acceptors (Lipinski definition) is 5. The van der Waals surface area contributed by atoms with Crippen LogP contribution in [0.5, 0.6) is 5.75 Å². The number of carbonyl (C=O) groups is 3. The van der Waals surface area contributed by atoms with Crippen LogP contribution in [0.4, 0.5) is 19.3 Å². The second kappa shape index (κ2) is 11.1. The number of halogens is 4. The average Bonchev–Trinajstić information content (AvgIpc) is 3.07. The van der Waals surface area contributed by atoms with Crippen LogP contribution in [0.15, 0.2) is 65.6 Å². The molecule has 3 amide bonds. The van der Waals surface area contributed by atoms with Gasteiger partial charge in [-0.15, -0.1) is 0 Å². The van der Waals surface area contributed by atoms with E-state index in [2.05, 4.69) is 5.32 Å². The maximum atomic E-state index is 13.3. The molecule has 4 rings (SSSR count). The van der Waals surface area contributed by atoms with E-state index < -0.39 is 29.4 Å². The Bertz CT molecular complexity index is 1360. The highest BCUT2D eigenvalue weighted by Gasteiger charge is 2.36. The fraction of sp³-hybridized carbons (Fsp3) is 0.0800. The number of rotatable bonds is 7. The number of amides is 3. The van der Waals surface area contributed by atoms with Gasteiger partial charge in [-0.3, -0.25) is 19.3 Å². The van der Waals surface area contributed by atoms with Crippen molar-refractivity contribution in [3.63, 3.8) is 0 Å². The van der Waals surface area contributed by atoms with E-state index in [1.54, 1.807) is 12.1 Å². The normalized spacial score (nSPS) is 14.4. The van der Waals surface area contributed by atoms with Crippen LogP contribution < -0.4 is 10.1 Å². The van der Waals surface area contributed by atoms with Crippen LogP contribution in [0.25, 0.3) is 6.08 Å². The van der Waals surface area contributed by atoms with E-state index >= 15 is 0 Å². The number of anilines is 1. The Balaban J connectivity index is 1.43. The van der Waals surface area contributed by atoms with Gasteiger partial charge in [0.25, 0.3) is 11.1 Å². The third-order valence-corrected chi connectivity index (χ3v) is 6.37. The van der Waals surface area contributed by atoms with Gasteiger partial charge in [-0.2, -0.15) is 0 Å². The summed E-state index contributed by atoms with van der Waals surface area (Å²) in [6.45, 7) is -0.425. The van der Waals surface area contributed by atoms with Crippen molar-refractivity contribution in [3.05, 3.63) is 98.4 Å². The Morgan fingerprint density at radius 2 is 1.69 bits per heavy atom. The molecule has 0 aromatic heterocycles. The van der Waals surface area contributed by atoms with Gasteiger partial charge in [-0.25, -0.2) is 8.78 Å². The summed E-state index contributed by atoms with van der Waals surface area (Å²) in [5.74, 6) is -2.01. The first kappa shape index (κ1) is 25.7. The van der Waals surface area contributed by atoms with Crippen LogP contribution in [-0.4, -0.2) is 28.5 Å². The summed E-state index contributed by atoms with van der Waals surface area (Å²) in [6, 6.07) is 14.0. The van der Waals surface area contributed by atoms with E-state index in [4.69, 9.17) is 27.9 Å². The number of carbonyl (C=O) groups excluding carboxylic acids is 3. The Kier molecular flexibility index (Phi) is 7.93. The van der Waals surface area contributed by atoms with E-state index in [-0.39, 0.29) is 38.8 Å². The lowest BCUT2D eigenvalue weighted by molar-refractivity contribution is -0.127. The second-order valence-electron chi connectivity index (χ2n) is 7.56. The monoisotopic (exact) mass is 548 g/mol. The fourth-order valence-corrected chi connectivity index (χ4v) is 4.69. The molecule has 0 atom stereocenters. The fourth-order valence-electron chi connectivity index (χ4n) is 3.23. The summed E-state index contributed by atoms with van der Waals surface area (Å²) in [5, 5.41) is 2.16. The van der Waals surface area contributed by atoms with Crippen LogP contribution >= 0.6 is 35.0 Å². The molecule has 184 valence electrons. The number of hydrogen-bond donors (Lipinski definition) is 1. The molecule has 0 unspecified atom stereocenters. The Hall–Kier alpha value is -3.40. The van der Waals surface area contributed by atoms with E-state index in [1.807, 2.05) is 0 Å². The van der Waals surface area contributed by atoms with Crippen LogP contribution in [-0.2, 0) is 16.2 Å². The van der Waals surface area contributed by atoms with Gasteiger partial charge in [-0.05, 0) is 71.4 Å². The first-order valence-electron chi connectivity index (χ1n) is 10.4. The number of imide groups is 1. The van der Waals surface area contributed by atoms with Gasteiger partial charge in [0.1, 0.15) is 24.8 Å². The van der Waals surface area contributed by atoms with Gasteiger partial charge in [-0.1, -0.05) is 41.4 Å². The van der Waals surface area contributed by atoms with Gasteiger partial charge < -0.3 is 10.1 Å². The van der Waals surface area contributed by atoms with Crippen molar-refractivity contribution in [2.75, 3.05) is 11.9 Å². The number of thioether (sulfide) groups is 1. The van der Waals surface area contributed by atoms with Crippen LogP contribution in [0.2, 0.25) is 10.0 Å². The molecule has 1 N–H and O–H groups in total. The predicted molar refractivity (Wildman–Crippen MR) is 135 cm³/mol. The molecular formula is C25H16Cl2F2N2O4S. The quantitative estimate of drug-likeness (QED) is 0.340. The first-order chi connectivity index (χ1) is 17.2. The first-order valence-corrected chi connectivity index (χ1v) is 11.9. The molecule has 1 heterocycles. The summed E-state index contributed by atoms with van der Waals surface area (Å²) in [5.41, 5.74) is 1.35. The van der Waals surface area contributed by atoms with E-state index in [0.717, 1.165) is 11.0 Å². The SMILES string of the molecule is O=C(CN1C(=O)S/C(=C/c2cc(Cl)c(OCc3ccc(F)cc3)c(Cl)c2)C1=O)Nc1cccc(F)c1. The zero-order valence-electron chi connectivity index (χ0n) is 18.3. The lowest BCUT2D eigenvalue weighted by Crippen LogP contribution is -2.36. The maximum Gasteiger partial charge on any atom is 0.294 e. The lowest BCUT2D eigenvalue weighted by Gasteiger charge is -2.12. The van der Waals surface area contributed by atoms with Crippen LogP contribution in [0.1, 0.15) is 11.1 Å². The van der Waals surface area contributed by atoms with Crippen molar-refractivity contribution in [2.24, 2.45) is 0 Å². The molecule has 1 aliphatic rings. The van der Waals surface area contributed by atoms with Crippen molar-refractivity contribution in [3.8, 4) is 5.75 Å². The average molecular weight is 549 g/mol. The summed E-state index contributed by atoms with van der Waals surface area (Å²) in [6.07, 6.45) is 1.43. The minimum atomic E-state index is -0.664. The smallest absolute Gasteiger partial charge is 0.294 e. The largest absolute Gasteiger partial charge is 0.486 e. The molecule has 0 radical (unpaired) electrons. The second-order valence-corrected chi connectivity index (χ2v) is 9.36. The zero-order chi connectivity index (χ0) is 25.8. The standard InChI is InChI=1S/C25H16Cl2F2N2O4S/c26-19-8-15(9-20(27)23(19)35-13-14-4-6-16(28)7-5-14)10-21-24(33)31(25(34)36-21)12-22(32)30-18-3-1-2-17(29)11-18/h1-11H,12-13H2,(H,30,32)/b21-10+. The van der Waals surface area contributed by atoms with Crippen LogP contribution in [0.3, 0.4) is 0 Å². The summed E-state index contributed by atoms with van der Waals surface area (Å²) >= 11 is 13.3. The molecule has 3 aromatic rings. The Morgan fingerprint density at radius 1 is 1.00 bits per heavy atom. The number of benzene rings is 3. The van der Waals surface area contributed by atoms with Crippen molar-refractivity contribution in [1.82, 2.24) is 4.90 Å². The van der Waals surface area contributed by atoms with Gasteiger partial charge >= 0.3 is 0 Å². The van der Waals surface area contributed by atoms with E-state index in [0.29, 0.717) is 22.9 Å². The Morgan fingerprint density at radius 3 is 2.36 bits per heavy atom. The molecule has 3 aromatic carbocycles. The maximum absolute atomic E-state index is 13.3. The topological polar surface area (TPSA) is 75.7 Å². The van der Waals surface area contributed by atoms with Gasteiger partial charge in [0.05, 0.1) is 15.0 Å². The van der Waals surface area contributed by atoms with Gasteiger partial charge in [0.2, 0.25) is 5.91 Å². The van der Waals surface area contributed by atoms with Crippen molar-refractivity contribution in [2.45, 2.75) is 6.61 Å². The highest BCUT2D eigenvalue weighted by atomic mass is 35.5. The van der Waals surface area contributed by atoms with E-state index in [9.17, 15) is 23.2 Å². The van der Waals surface area contributed by atoms with Crippen LogP contribution in [0, 0.1) is 11.6 Å². The molecule has 0 bridgehead atoms. The third kappa shape index (κ3) is 6.23. The van der Waals surface area contributed by atoms with E-state index in [1.165, 1.54) is 48.5 Å². The number of ether oxygens (including phenoxy) is 1. The molecule has 0 aliphatic carbocycles. The summed E-state index contributed by atoms with van der Waals surface area (Å²) in [7, 11) is 0. The lowest BCUT2D eigenvalue weighted by atomic mass is 10.2. The van der Waals surface area contributed by atoms with Crippen molar-refractivity contribution < 1.29 is 27.9 Å². The minimum absolute atomic E-state index is 0.0747. The van der Waals surface area contributed by atoms with Gasteiger partial charge in [0, 0.05) is 5.69 Å². The number of nitrogens with zero attached hydrogens (tertiary/aromatic N) is 1. The van der Waals surface area contributed by atoms with Crippen molar-refractivity contribution >= 4 is 63.8 Å². The molecule has 11 heteroatoms.